The third-order valence-electron chi connectivity index (χ3n) is 5.83. The summed E-state index contributed by atoms with van der Waals surface area (Å²) in [6.45, 7) is 11.9. The van der Waals surface area contributed by atoms with Gasteiger partial charge in [0.15, 0.2) is 0 Å². The van der Waals surface area contributed by atoms with Crippen molar-refractivity contribution in [3.63, 3.8) is 0 Å². The number of nitrogens with zero attached hydrogens (tertiary/aromatic N) is 1. The molecule has 0 spiro atoms. The van der Waals surface area contributed by atoms with Gasteiger partial charge in [0, 0.05) is 26.1 Å². The van der Waals surface area contributed by atoms with Gasteiger partial charge in [-0.1, -0.05) is 34.1 Å². The van der Waals surface area contributed by atoms with Gasteiger partial charge in [-0.05, 0) is 55.8 Å². The minimum absolute atomic E-state index is 0.173. The normalized spacial score (nSPS) is 29.3. The monoisotopic (exact) mass is 323 g/mol. The van der Waals surface area contributed by atoms with Crippen LogP contribution in [0, 0.1) is 17.3 Å². The van der Waals surface area contributed by atoms with Gasteiger partial charge in [-0.3, -0.25) is 4.79 Å². The molecule has 0 aromatic heterocycles. The molecule has 0 bridgehead atoms. The molecule has 2 saturated heterocycles. The maximum absolute atomic E-state index is 12.9. The van der Waals surface area contributed by atoms with Gasteiger partial charge in [-0.25, -0.2) is 0 Å². The van der Waals surface area contributed by atoms with Crippen LogP contribution in [0.2, 0.25) is 0 Å². The van der Waals surface area contributed by atoms with E-state index in [4.69, 9.17) is 4.74 Å². The molecule has 0 radical (unpaired) electrons. The van der Waals surface area contributed by atoms with Crippen molar-refractivity contribution in [2.45, 2.75) is 85.2 Å². The maximum atomic E-state index is 12.9. The van der Waals surface area contributed by atoms with Crippen molar-refractivity contribution >= 4 is 5.91 Å². The first-order valence-electron chi connectivity index (χ1n) is 9.81. The minimum atomic E-state index is 0.173. The lowest BCUT2D eigenvalue weighted by molar-refractivity contribution is -0.139. The Morgan fingerprint density at radius 2 is 1.87 bits per heavy atom. The zero-order valence-corrected chi connectivity index (χ0v) is 15.8. The van der Waals surface area contributed by atoms with E-state index in [9.17, 15) is 4.79 Å². The molecule has 0 aromatic carbocycles. The fourth-order valence-corrected chi connectivity index (χ4v) is 4.09. The molecule has 2 heterocycles. The first kappa shape index (κ1) is 18.8. The summed E-state index contributed by atoms with van der Waals surface area (Å²) in [5.41, 5.74) is 0.173. The molecule has 1 amide bonds. The van der Waals surface area contributed by atoms with E-state index in [-0.39, 0.29) is 5.41 Å². The molecule has 3 nitrogen and oxygen atoms in total. The number of amides is 1. The van der Waals surface area contributed by atoms with Gasteiger partial charge in [-0.15, -0.1) is 0 Å². The SMILES string of the molecule is CC(C)CC[C@]1(CC(=O)N2CCCCC2)CCO[C@@H](C(C)C)C1. The lowest BCUT2D eigenvalue weighted by Gasteiger charge is -2.43. The van der Waals surface area contributed by atoms with Crippen LogP contribution in [-0.2, 0) is 9.53 Å². The molecule has 2 rings (SSSR count). The van der Waals surface area contributed by atoms with E-state index in [1.165, 1.54) is 32.1 Å². The zero-order chi connectivity index (χ0) is 16.9. The smallest absolute Gasteiger partial charge is 0.223 e. The van der Waals surface area contributed by atoms with Crippen LogP contribution in [0.5, 0.6) is 0 Å². The van der Waals surface area contributed by atoms with Crippen molar-refractivity contribution < 1.29 is 9.53 Å². The van der Waals surface area contributed by atoms with Crippen molar-refractivity contribution in [1.29, 1.82) is 0 Å². The van der Waals surface area contributed by atoms with Crippen LogP contribution < -0.4 is 0 Å². The topological polar surface area (TPSA) is 29.5 Å². The van der Waals surface area contributed by atoms with Gasteiger partial charge in [0.1, 0.15) is 0 Å². The van der Waals surface area contributed by atoms with Gasteiger partial charge in [0.05, 0.1) is 6.10 Å². The van der Waals surface area contributed by atoms with Crippen LogP contribution >= 0.6 is 0 Å². The third-order valence-corrected chi connectivity index (χ3v) is 5.83. The number of carbonyl (C=O) groups excluding carboxylic acids is 1. The molecule has 0 saturated carbocycles. The Morgan fingerprint density at radius 1 is 1.17 bits per heavy atom. The number of hydrogen-bond acceptors (Lipinski definition) is 2. The number of hydrogen-bond donors (Lipinski definition) is 0. The van der Waals surface area contributed by atoms with Gasteiger partial charge >= 0.3 is 0 Å². The second kappa shape index (κ2) is 8.50. The summed E-state index contributed by atoms with van der Waals surface area (Å²) in [6.07, 6.45) is 9.24. The first-order valence-corrected chi connectivity index (χ1v) is 9.81. The number of ether oxygens (including phenoxy) is 1. The Balaban J connectivity index is 2.04. The summed E-state index contributed by atoms with van der Waals surface area (Å²) in [5, 5.41) is 0. The molecule has 134 valence electrons. The van der Waals surface area contributed by atoms with E-state index in [1.54, 1.807) is 0 Å². The van der Waals surface area contributed by atoms with E-state index in [0.717, 1.165) is 39.0 Å². The quantitative estimate of drug-likeness (QED) is 0.712. The van der Waals surface area contributed by atoms with Crippen molar-refractivity contribution in [1.82, 2.24) is 4.90 Å². The Morgan fingerprint density at radius 3 is 2.48 bits per heavy atom. The Hall–Kier alpha value is -0.570. The molecule has 2 fully saturated rings. The summed E-state index contributed by atoms with van der Waals surface area (Å²) < 4.78 is 6.00. The Labute approximate surface area is 143 Å². The van der Waals surface area contributed by atoms with Crippen LogP contribution in [0.15, 0.2) is 0 Å². The van der Waals surface area contributed by atoms with Crippen LogP contribution in [0.25, 0.3) is 0 Å². The lowest BCUT2D eigenvalue weighted by atomic mass is 9.69. The summed E-state index contributed by atoms with van der Waals surface area (Å²) in [5.74, 6) is 1.65. The number of carbonyl (C=O) groups is 1. The van der Waals surface area contributed by atoms with Crippen molar-refractivity contribution in [3.8, 4) is 0 Å². The summed E-state index contributed by atoms with van der Waals surface area (Å²) in [6, 6.07) is 0. The fourth-order valence-electron chi connectivity index (χ4n) is 4.09. The Kier molecular flexibility index (Phi) is 6.94. The van der Waals surface area contributed by atoms with Crippen molar-refractivity contribution in [2.75, 3.05) is 19.7 Å². The van der Waals surface area contributed by atoms with Gasteiger partial charge in [0.2, 0.25) is 5.91 Å². The van der Waals surface area contributed by atoms with E-state index >= 15 is 0 Å². The number of rotatable bonds is 6. The van der Waals surface area contributed by atoms with Crippen LogP contribution in [0.1, 0.15) is 79.1 Å². The lowest BCUT2D eigenvalue weighted by Crippen LogP contribution is -2.43. The molecule has 2 aliphatic rings. The molecule has 0 aromatic rings. The Bertz CT molecular complexity index is 374. The van der Waals surface area contributed by atoms with E-state index < -0.39 is 0 Å². The molecular weight excluding hydrogens is 286 g/mol. The fraction of sp³-hybridized carbons (Fsp3) is 0.950. The molecule has 23 heavy (non-hydrogen) atoms. The molecule has 2 atom stereocenters. The van der Waals surface area contributed by atoms with Gasteiger partial charge < -0.3 is 9.64 Å². The molecule has 0 N–H and O–H groups in total. The second-order valence-electron chi connectivity index (χ2n) is 8.66. The number of piperidine rings is 1. The molecule has 0 aliphatic carbocycles. The van der Waals surface area contributed by atoms with Gasteiger partial charge in [-0.2, -0.15) is 0 Å². The number of likely N-dealkylation sites (tertiary alicyclic amines) is 1. The van der Waals surface area contributed by atoms with E-state index in [2.05, 4.69) is 32.6 Å². The molecule has 0 unspecified atom stereocenters. The molecule has 3 heteroatoms. The summed E-state index contributed by atoms with van der Waals surface area (Å²) >= 11 is 0. The highest BCUT2D eigenvalue weighted by molar-refractivity contribution is 5.77. The highest BCUT2D eigenvalue weighted by Gasteiger charge is 2.40. The highest BCUT2D eigenvalue weighted by Crippen LogP contribution is 2.44. The molecule has 2 aliphatic heterocycles. The standard InChI is InChI=1S/C20H37NO2/c1-16(2)8-9-20(10-13-23-18(14-20)17(3)4)15-19(22)21-11-6-5-7-12-21/h16-18H,5-15H2,1-4H3/t18-,20+/m1/s1. The summed E-state index contributed by atoms with van der Waals surface area (Å²) in [7, 11) is 0. The molecular formula is C20H37NO2. The second-order valence-corrected chi connectivity index (χ2v) is 8.66. The average Bonchev–Trinajstić information content (AvgIpc) is 2.54. The predicted octanol–water partition coefficient (Wildman–Crippen LogP) is 4.65. The summed E-state index contributed by atoms with van der Waals surface area (Å²) in [4.78, 5) is 15.0. The first-order chi connectivity index (χ1) is 10.9. The zero-order valence-electron chi connectivity index (χ0n) is 15.8. The predicted molar refractivity (Wildman–Crippen MR) is 95.4 cm³/mol. The van der Waals surface area contributed by atoms with Gasteiger partial charge in [0.25, 0.3) is 0 Å². The third kappa shape index (κ3) is 5.48. The minimum Gasteiger partial charge on any atom is -0.378 e. The highest BCUT2D eigenvalue weighted by atomic mass is 16.5. The average molecular weight is 324 g/mol. The van der Waals surface area contributed by atoms with E-state index in [0.29, 0.717) is 23.8 Å². The van der Waals surface area contributed by atoms with Crippen molar-refractivity contribution in [2.24, 2.45) is 17.3 Å². The van der Waals surface area contributed by atoms with Crippen LogP contribution in [0.3, 0.4) is 0 Å². The largest absolute Gasteiger partial charge is 0.378 e. The van der Waals surface area contributed by atoms with Crippen LogP contribution in [0.4, 0.5) is 0 Å². The maximum Gasteiger partial charge on any atom is 0.223 e. The van der Waals surface area contributed by atoms with Crippen molar-refractivity contribution in [3.05, 3.63) is 0 Å². The van der Waals surface area contributed by atoms with Crippen LogP contribution in [-0.4, -0.2) is 36.6 Å². The van der Waals surface area contributed by atoms with E-state index in [1.807, 2.05) is 0 Å².